The van der Waals surface area contributed by atoms with Gasteiger partial charge >= 0.3 is 5.97 Å². The third-order valence-corrected chi connectivity index (χ3v) is 4.52. The van der Waals surface area contributed by atoms with Crippen molar-refractivity contribution in [2.24, 2.45) is 5.41 Å². The molecule has 1 amide bonds. The van der Waals surface area contributed by atoms with Crippen molar-refractivity contribution >= 4 is 34.7 Å². The van der Waals surface area contributed by atoms with Crippen molar-refractivity contribution < 1.29 is 19.1 Å². The second-order valence-electron chi connectivity index (χ2n) is 6.71. The number of anilines is 1. The van der Waals surface area contributed by atoms with E-state index in [1.807, 2.05) is 33.8 Å². The summed E-state index contributed by atoms with van der Waals surface area (Å²) in [6.07, 6.45) is 0. The summed E-state index contributed by atoms with van der Waals surface area (Å²) in [7, 11) is 0. The number of esters is 1. The minimum Gasteiger partial charge on any atom is -0.453 e. The molecular formula is C19H21NO4S. The molecule has 2 rings (SSSR count). The first-order valence-corrected chi connectivity index (χ1v) is 8.72. The van der Waals surface area contributed by atoms with Crippen molar-refractivity contribution in [3.8, 4) is 0 Å². The summed E-state index contributed by atoms with van der Waals surface area (Å²) in [6, 6.07) is 8.34. The molecule has 1 aromatic carbocycles. The monoisotopic (exact) mass is 359 g/mol. The molecular weight excluding hydrogens is 338 g/mol. The molecule has 0 aliphatic carbocycles. The highest BCUT2D eigenvalue weighted by atomic mass is 32.1. The number of rotatable bonds is 5. The maximum absolute atomic E-state index is 12.1. The number of ketones is 1. The molecule has 0 spiro atoms. The summed E-state index contributed by atoms with van der Waals surface area (Å²) >= 11 is 1.29. The van der Waals surface area contributed by atoms with E-state index in [-0.39, 0.29) is 18.3 Å². The van der Waals surface area contributed by atoms with E-state index in [9.17, 15) is 14.4 Å². The van der Waals surface area contributed by atoms with Gasteiger partial charge in [-0.3, -0.25) is 9.59 Å². The van der Waals surface area contributed by atoms with Gasteiger partial charge in [0.05, 0.1) is 0 Å². The Balaban J connectivity index is 1.93. The van der Waals surface area contributed by atoms with Crippen LogP contribution in [0.3, 0.4) is 0 Å². The Morgan fingerprint density at radius 1 is 1.08 bits per heavy atom. The lowest BCUT2D eigenvalue weighted by Gasteiger charge is -2.17. The van der Waals surface area contributed by atoms with Crippen LogP contribution < -0.4 is 5.32 Å². The lowest BCUT2D eigenvalue weighted by Crippen LogP contribution is -2.27. The molecule has 132 valence electrons. The van der Waals surface area contributed by atoms with Crippen molar-refractivity contribution in [2.75, 3.05) is 11.9 Å². The van der Waals surface area contributed by atoms with Crippen LogP contribution in [0.4, 0.5) is 5.69 Å². The number of amides is 1. The minimum atomic E-state index is -0.497. The van der Waals surface area contributed by atoms with Crippen LogP contribution in [-0.4, -0.2) is 24.3 Å². The first-order chi connectivity index (χ1) is 11.7. The maximum Gasteiger partial charge on any atom is 0.349 e. The van der Waals surface area contributed by atoms with Crippen LogP contribution >= 0.6 is 11.3 Å². The number of thiophene rings is 1. The van der Waals surface area contributed by atoms with Crippen LogP contribution in [0.1, 0.15) is 46.4 Å². The van der Waals surface area contributed by atoms with E-state index < -0.39 is 11.4 Å². The molecule has 0 saturated carbocycles. The molecule has 25 heavy (non-hydrogen) atoms. The van der Waals surface area contributed by atoms with Gasteiger partial charge in [0, 0.05) is 16.7 Å². The SMILES string of the molecule is Cc1ccsc1C(=O)OCC(=O)c1ccc(NC(=O)C(C)(C)C)cc1. The molecule has 0 bridgehead atoms. The Kier molecular flexibility index (Phi) is 5.74. The van der Waals surface area contributed by atoms with E-state index in [1.54, 1.807) is 29.6 Å². The van der Waals surface area contributed by atoms with Crippen molar-refractivity contribution in [1.82, 2.24) is 0 Å². The molecule has 0 aliphatic heterocycles. The summed E-state index contributed by atoms with van der Waals surface area (Å²) in [6.45, 7) is 6.97. The summed E-state index contributed by atoms with van der Waals surface area (Å²) in [5.41, 5.74) is 1.37. The van der Waals surface area contributed by atoms with E-state index in [0.29, 0.717) is 16.1 Å². The van der Waals surface area contributed by atoms with Crippen molar-refractivity contribution in [1.29, 1.82) is 0 Å². The standard InChI is InChI=1S/C19H21NO4S/c1-12-9-10-25-16(12)17(22)24-11-15(21)13-5-7-14(8-6-13)20-18(23)19(2,3)4/h5-10H,11H2,1-4H3,(H,20,23). The highest BCUT2D eigenvalue weighted by Gasteiger charge is 2.21. The van der Waals surface area contributed by atoms with Gasteiger partial charge in [-0.05, 0) is 48.2 Å². The van der Waals surface area contributed by atoms with E-state index in [0.717, 1.165) is 5.56 Å². The summed E-state index contributed by atoms with van der Waals surface area (Å²) in [5.74, 6) is -0.891. The molecule has 0 unspecified atom stereocenters. The molecule has 1 heterocycles. The Morgan fingerprint density at radius 2 is 1.72 bits per heavy atom. The molecule has 6 heteroatoms. The zero-order valence-corrected chi connectivity index (χ0v) is 15.5. The maximum atomic E-state index is 12.1. The molecule has 0 radical (unpaired) electrons. The van der Waals surface area contributed by atoms with Gasteiger partial charge in [0.25, 0.3) is 0 Å². The lowest BCUT2D eigenvalue weighted by atomic mass is 9.95. The number of carbonyl (C=O) groups excluding carboxylic acids is 3. The van der Waals surface area contributed by atoms with Gasteiger partial charge in [-0.15, -0.1) is 11.3 Å². The van der Waals surface area contributed by atoms with Crippen molar-refractivity contribution in [3.05, 3.63) is 51.7 Å². The van der Waals surface area contributed by atoms with Crippen molar-refractivity contribution in [3.63, 3.8) is 0 Å². The third kappa shape index (κ3) is 5.00. The Bertz CT molecular complexity index is 785. The van der Waals surface area contributed by atoms with Gasteiger partial charge < -0.3 is 10.1 Å². The number of nitrogens with one attached hydrogen (secondary N) is 1. The number of hydrogen-bond donors (Lipinski definition) is 1. The number of benzene rings is 1. The smallest absolute Gasteiger partial charge is 0.349 e. The highest BCUT2D eigenvalue weighted by molar-refractivity contribution is 7.12. The van der Waals surface area contributed by atoms with E-state index in [2.05, 4.69) is 5.32 Å². The normalized spacial score (nSPS) is 11.0. The zero-order chi connectivity index (χ0) is 18.6. The topological polar surface area (TPSA) is 72.5 Å². The number of ether oxygens (including phenoxy) is 1. The summed E-state index contributed by atoms with van der Waals surface area (Å²) in [4.78, 5) is 36.5. The lowest BCUT2D eigenvalue weighted by molar-refractivity contribution is -0.123. The molecule has 0 aliphatic rings. The van der Waals surface area contributed by atoms with Crippen LogP contribution in [0.15, 0.2) is 35.7 Å². The van der Waals surface area contributed by atoms with Crippen LogP contribution in [0.25, 0.3) is 0 Å². The number of carbonyl (C=O) groups is 3. The Labute approximate surface area is 151 Å². The summed E-state index contributed by atoms with van der Waals surface area (Å²) in [5, 5.41) is 4.59. The predicted octanol–water partition coefficient (Wildman–Crippen LogP) is 4.08. The molecule has 5 nitrogen and oxygen atoms in total. The first kappa shape index (κ1) is 18.9. The molecule has 1 aromatic heterocycles. The minimum absolute atomic E-state index is 0.105. The molecule has 0 atom stereocenters. The largest absolute Gasteiger partial charge is 0.453 e. The van der Waals surface area contributed by atoms with E-state index in [4.69, 9.17) is 4.74 Å². The van der Waals surface area contributed by atoms with Crippen LogP contribution in [0.2, 0.25) is 0 Å². The fourth-order valence-electron chi connectivity index (χ4n) is 1.92. The molecule has 0 fully saturated rings. The highest BCUT2D eigenvalue weighted by Crippen LogP contribution is 2.19. The molecule has 2 aromatic rings. The van der Waals surface area contributed by atoms with Crippen LogP contribution in [-0.2, 0) is 9.53 Å². The third-order valence-electron chi connectivity index (χ3n) is 3.53. The molecule has 1 N–H and O–H groups in total. The van der Waals surface area contributed by atoms with Gasteiger partial charge in [-0.1, -0.05) is 20.8 Å². The number of aryl methyl sites for hydroxylation is 1. The van der Waals surface area contributed by atoms with E-state index in [1.165, 1.54) is 11.3 Å². The van der Waals surface area contributed by atoms with Crippen LogP contribution in [0, 0.1) is 12.3 Å². The van der Waals surface area contributed by atoms with Crippen molar-refractivity contribution in [2.45, 2.75) is 27.7 Å². The quantitative estimate of drug-likeness (QED) is 0.645. The fraction of sp³-hybridized carbons (Fsp3) is 0.316. The summed E-state index contributed by atoms with van der Waals surface area (Å²) < 4.78 is 5.08. The second kappa shape index (κ2) is 7.61. The average Bonchev–Trinajstić information content (AvgIpc) is 2.98. The fourth-order valence-corrected chi connectivity index (χ4v) is 2.74. The molecule has 0 saturated heterocycles. The Hall–Kier alpha value is -2.47. The second-order valence-corrected chi connectivity index (χ2v) is 7.63. The Morgan fingerprint density at radius 3 is 2.24 bits per heavy atom. The van der Waals surface area contributed by atoms with Crippen LogP contribution in [0.5, 0.6) is 0 Å². The van der Waals surface area contributed by atoms with Gasteiger partial charge in [-0.25, -0.2) is 4.79 Å². The van der Waals surface area contributed by atoms with Gasteiger partial charge in [0.15, 0.2) is 12.4 Å². The predicted molar refractivity (Wildman–Crippen MR) is 98.2 cm³/mol. The van der Waals surface area contributed by atoms with E-state index >= 15 is 0 Å². The average molecular weight is 359 g/mol. The van der Waals surface area contributed by atoms with Gasteiger partial charge in [-0.2, -0.15) is 0 Å². The zero-order valence-electron chi connectivity index (χ0n) is 14.7. The number of hydrogen-bond acceptors (Lipinski definition) is 5. The van der Waals surface area contributed by atoms with Gasteiger partial charge in [0.2, 0.25) is 5.91 Å². The first-order valence-electron chi connectivity index (χ1n) is 7.84. The number of Topliss-reactive ketones (excluding diaryl/α,β-unsaturated/α-hetero) is 1. The van der Waals surface area contributed by atoms with Gasteiger partial charge in [0.1, 0.15) is 4.88 Å².